The van der Waals surface area contributed by atoms with Crippen molar-refractivity contribution in [1.82, 2.24) is 5.32 Å². The maximum absolute atomic E-state index is 13.5. The quantitative estimate of drug-likeness (QED) is 0.0195. The predicted molar refractivity (Wildman–Crippen MR) is 351 cm³/mol. The van der Waals surface area contributed by atoms with E-state index in [4.69, 9.17) is 14.2 Å². The van der Waals surface area contributed by atoms with Crippen LogP contribution >= 0.6 is 0 Å². The molecule has 1 aliphatic rings. The van der Waals surface area contributed by atoms with Crippen LogP contribution in [0.4, 0.5) is 0 Å². The molecule has 1 aliphatic heterocycles. The summed E-state index contributed by atoms with van der Waals surface area (Å²) >= 11 is 0. The Labute approximate surface area is 512 Å². The van der Waals surface area contributed by atoms with Crippen LogP contribution in [0.25, 0.3) is 0 Å². The number of rotatable bonds is 55. The lowest BCUT2D eigenvalue weighted by molar-refractivity contribution is -0.305. The van der Waals surface area contributed by atoms with Crippen molar-refractivity contribution < 1.29 is 49.3 Å². The van der Waals surface area contributed by atoms with E-state index in [1.54, 1.807) is 6.08 Å². The molecule has 478 valence electrons. The smallest absolute Gasteiger partial charge is 0.306 e. The van der Waals surface area contributed by atoms with Gasteiger partial charge >= 0.3 is 5.97 Å². The van der Waals surface area contributed by atoms with Crippen LogP contribution in [-0.2, 0) is 23.8 Å². The van der Waals surface area contributed by atoms with Crippen molar-refractivity contribution in [3.63, 3.8) is 0 Å². The Bertz CT molecular complexity index is 1880. The molecule has 1 heterocycles. The molecule has 0 aromatic heterocycles. The molecular weight excluding hydrogens is 1050 g/mol. The minimum absolute atomic E-state index is 0.100. The molecule has 0 aromatic carbocycles. The Morgan fingerprint density at radius 2 is 0.857 bits per heavy atom. The van der Waals surface area contributed by atoms with Gasteiger partial charge in [-0.25, -0.2) is 0 Å². The molecule has 0 bridgehead atoms. The van der Waals surface area contributed by atoms with Crippen LogP contribution in [0.3, 0.4) is 0 Å². The van der Waals surface area contributed by atoms with Crippen LogP contribution in [0.2, 0.25) is 0 Å². The van der Waals surface area contributed by atoms with Crippen molar-refractivity contribution in [2.45, 2.75) is 301 Å². The van der Waals surface area contributed by atoms with E-state index in [9.17, 15) is 35.1 Å². The summed E-state index contributed by atoms with van der Waals surface area (Å²) in [4.78, 5) is 26.6. The number of carbonyl (C=O) groups is 2. The first-order valence-corrected chi connectivity index (χ1v) is 33.5. The van der Waals surface area contributed by atoms with E-state index >= 15 is 0 Å². The van der Waals surface area contributed by atoms with Crippen LogP contribution in [0, 0.1) is 0 Å². The summed E-state index contributed by atoms with van der Waals surface area (Å²) in [5.74, 6) is -1.23. The maximum atomic E-state index is 13.5. The van der Waals surface area contributed by atoms with E-state index < -0.39 is 67.4 Å². The zero-order chi connectivity index (χ0) is 61.0. The molecule has 6 N–H and O–H groups in total. The topological polar surface area (TPSA) is 175 Å². The third-order valence-electron chi connectivity index (χ3n) is 14.8. The van der Waals surface area contributed by atoms with E-state index in [-0.39, 0.29) is 19.4 Å². The second kappa shape index (κ2) is 59.1. The zero-order valence-electron chi connectivity index (χ0n) is 53.0. The second-order valence-electron chi connectivity index (χ2n) is 22.4. The Balaban J connectivity index is 2.65. The van der Waals surface area contributed by atoms with Crippen LogP contribution < -0.4 is 5.32 Å². The van der Waals surface area contributed by atoms with Gasteiger partial charge in [-0.15, -0.1) is 0 Å². The van der Waals surface area contributed by atoms with Crippen LogP contribution in [0.5, 0.6) is 0 Å². The van der Waals surface area contributed by atoms with Gasteiger partial charge < -0.3 is 45.1 Å². The van der Waals surface area contributed by atoms with Gasteiger partial charge in [-0.05, 0) is 116 Å². The number of hydrogen-bond acceptors (Lipinski definition) is 10. The first kappa shape index (κ1) is 77.8. The molecule has 1 rings (SSSR count). The number of hydrogen-bond donors (Lipinski definition) is 6. The number of esters is 1. The molecular formula is C73H121NO10. The third-order valence-corrected chi connectivity index (χ3v) is 14.8. The normalized spacial score (nSPS) is 19.4. The maximum Gasteiger partial charge on any atom is 0.306 e. The molecule has 1 amide bonds. The molecule has 84 heavy (non-hydrogen) atoms. The fourth-order valence-corrected chi connectivity index (χ4v) is 9.59. The van der Waals surface area contributed by atoms with Gasteiger partial charge in [-0.3, -0.25) is 9.59 Å². The first-order chi connectivity index (χ1) is 41.2. The molecule has 0 aromatic rings. The highest BCUT2D eigenvalue weighted by atomic mass is 16.7. The first-order valence-electron chi connectivity index (χ1n) is 33.5. The highest BCUT2D eigenvalue weighted by molar-refractivity contribution is 5.80. The van der Waals surface area contributed by atoms with Gasteiger partial charge in [0.15, 0.2) is 12.4 Å². The summed E-state index contributed by atoms with van der Waals surface area (Å²) < 4.78 is 17.6. The third kappa shape index (κ3) is 46.1. The van der Waals surface area contributed by atoms with E-state index in [2.05, 4.69) is 148 Å². The molecule has 11 heteroatoms. The lowest BCUT2D eigenvalue weighted by Gasteiger charge is -2.41. The molecule has 11 nitrogen and oxygen atoms in total. The van der Waals surface area contributed by atoms with Crippen LogP contribution in [-0.4, -0.2) is 99.6 Å². The molecule has 0 spiro atoms. The van der Waals surface area contributed by atoms with Gasteiger partial charge in [0.2, 0.25) is 5.91 Å². The predicted octanol–water partition coefficient (Wildman–Crippen LogP) is 16.8. The lowest BCUT2D eigenvalue weighted by atomic mass is 9.99. The van der Waals surface area contributed by atoms with Crippen molar-refractivity contribution in [2.75, 3.05) is 13.2 Å². The summed E-state index contributed by atoms with van der Waals surface area (Å²) in [5, 5.41) is 57.1. The summed E-state index contributed by atoms with van der Waals surface area (Å²) in [6.45, 7) is 5.54. The highest BCUT2D eigenvalue weighted by Crippen LogP contribution is 2.26. The van der Waals surface area contributed by atoms with E-state index in [0.29, 0.717) is 12.8 Å². The number of ether oxygens (including phenoxy) is 3. The van der Waals surface area contributed by atoms with Crippen LogP contribution in [0.15, 0.2) is 134 Å². The van der Waals surface area contributed by atoms with Crippen molar-refractivity contribution in [2.24, 2.45) is 0 Å². The second-order valence-corrected chi connectivity index (χ2v) is 22.4. The van der Waals surface area contributed by atoms with Gasteiger partial charge in [0, 0.05) is 6.42 Å². The van der Waals surface area contributed by atoms with Gasteiger partial charge in [0.05, 0.1) is 25.4 Å². The fraction of sp³-hybridized carbons (Fsp3) is 0.671. The van der Waals surface area contributed by atoms with E-state index in [1.165, 1.54) is 44.9 Å². The Hall–Kier alpha value is -4.20. The number of aliphatic hydroxyl groups excluding tert-OH is 5. The summed E-state index contributed by atoms with van der Waals surface area (Å²) in [6, 6.07) is -1.05. The average Bonchev–Trinajstić information content (AvgIpc) is 3.65. The standard InChI is InChI=1S/C73H121NO10/c1-4-7-10-13-16-19-22-25-27-29-31-33-34-35-37-39-41-43-46-49-52-55-58-61-68(78)84-71-70(80)69(79)67(62-75)83-73(71)82-63-64(65(76)59-56-53-50-47-44-24-21-18-15-12-9-6-3)74-72(81)66(77)60-57-54-51-48-45-42-40-38-36-32-30-28-26-23-20-17-14-11-8-5-2/h7-8,10-11,16-17,19-20,25-28,31-33,35-37,40,42,56,59,64-67,69-71,73,75-77,79-80H,4-6,9,12-15,18,21-24,29-30,34,38-39,41,43-55,57-58,60-63H2,1-3H3,(H,74,81)/b10-7-,11-8-,19-16-,20-17-,27-25-,28-26-,33-31-,36-32-,37-35-,42-40-,59-56+. The van der Waals surface area contributed by atoms with Crippen molar-refractivity contribution >= 4 is 11.9 Å². The highest BCUT2D eigenvalue weighted by Gasteiger charge is 2.47. The molecule has 0 radical (unpaired) electrons. The molecule has 0 saturated carbocycles. The van der Waals surface area contributed by atoms with Gasteiger partial charge in [-0.1, -0.05) is 264 Å². The van der Waals surface area contributed by atoms with E-state index in [0.717, 1.165) is 161 Å². The van der Waals surface area contributed by atoms with Gasteiger partial charge in [-0.2, -0.15) is 0 Å². The monoisotopic (exact) mass is 1170 g/mol. The van der Waals surface area contributed by atoms with Crippen molar-refractivity contribution in [3.05, 3.63) is 134 Å². The number of nitrogens with one attached hydrogen (secondary N) is 1. The molecule has 8 atom stereocenters. The molecule has 8 unspecified atom stereocenters. The Morgan fingerprint density at radius 1 is 0.476 bits per heavy atom. The summed E-state index contributed by atoms with van der Waals surface area (Å²) in [6.07, 6.45) is 73.3. The Kier molecular flexibility index (Phi) is 54.8. The summed E-state index contributed by atoms with van der Waals surface area (Å²) in [7, 11) is 0. The molecule has 0 aliphatic carbocycles. The number of carbonyl (C=O) groups excluding carboxylic acids is 2. The zero-order valence-corrected chi connectivity index (χ0v) is 53.0. The number of unbranched alkanes of at least 4 members (excludes halogenated alkanes) is 21. The Morgan fingerprint density at radius 3 is 1.29 bits per heavy atom. The largest absolute Gasteiger partial charge is 0.454 e. The van der Waals surface area contributed by atoms with Crippen molar-refractivity contribution in [3.8, 4) is 0 Å². The average molecular weight is 1170 g/mol. The van der Waals surface area contributed by atoms with Gasteiger partial charge in [0.1, 0.15) is 24.4 Å². The fourth-order valence-electron chi connectivity index (χ4n) is 9.59. The van der Waals surface area contributed by atoms with Crippen LogP contribution in [0.1, 0.15) is 252 Å². The lowest BCUT2D eigenvalue weighted by Crippen LogP contribution is -2.61. The molecule has 1 fully saturated rings. The number of aliphatic hydroxyl groups is 5. The SMILES string of the molecule is CC/C=C\C/C=C\C/C=C\C/C=C\C/C=C\CCCCCCCCCC(=O)OC1C(OCC(NC(=O)C(O)CCCCCC/C=C\C/C=C\C/C=C\C/C=C\C/C=C\CC)C(O)/C=C/CCCCCCCCCCCC)OC(CO)C(O)C1O. The molecule has 1 saturated heterocycles. The minimum atomic E-state index is -1.63. The number of amides is 1. The van der Waals surface area contributed by atoms with Crippen molar-refractivity contribution in [1.29, 1.82) is 0 Å². The van der Waals surface area contributed by atoms with Gasteiger partial charge in [0.25, 0.3) is 0 Å². The van der Waals surface area contributed by atoms with E-state index in [1.807, 2.05) is 6.08 Å². The number of allylic oxidation sites excluding steroid dienone is 21. The minimum Gasteiger partial charge on any atom is -0.454 e. The summed E-state index contributed by atoms with van der Waals surface area (Å²) in [5.41, 5.74) is 0.